The van der Waals surface area contributed by atoms with Gasteiger partial charge in [-0.05, 0) is 36.3 Å². The van der Waals surface area contributed by atoms with Crippen molar-refractivity contribution in [2.75, 3.05) is 7.11 Å². The highest BCUT2D eigenvalue weighted by molar-refractivity contribution is 6.07. The second-order valence-corrected chi connectivity index (χ2v) is 5.24. The lowest BCUT2D eigenvalue weighted by Gasteiger charge is -2.12. The maximum absolute atomic E-state index is 12.3. The molecule has 0 saturated heterocycles. The van der Waals surface area contributed by atoms with Crippen LogP contribution in [-0.4, -0.2) is 23.1 Å². The molecule has 0 saturated carbocycles. The fourth-order valence-electron chi connectivity index (χ4n) is 2.29. The molecule has 0 aromatic heterocycles. The molecule has 4 heteroatoms. The number of carbonyl (C=O) groups is 1. The number of benzene rings is 2. The maximum atomic E-state index is 12.3. The predicted molar refractivity (Wildman–Crippen MR) is 89.4 cm³/mol. The molecule has 0 heterocycles. The van der Waals surface area contributed by atoms with Crippen LogP contribution >= 0.6 is 0 Å². The van der Waals surface area contributed by atoms with Gasteiger partial charge in [-0.1, -0.05) is 35.9 Å². The van der Waals surface area contributed by atoms with E-state index in [1.807, 2.05) is 31.2 Å². The number of allylic oxidation sites excluding steroid dienone is 1. The molecule has 0 radical (unpaired) electrons. The molecule has 0 amide bonds. The summed E-state index contributed by atoms with van der Waals surface area (Å²) in [7, 11) is 1.46. The molecule has 23 heavy (non-hydrogen) atoms. The number of ether oxygens (including phenoxy) is 1. The molecule has 2 aromatic carbocycles. The summed E-state index contributed by atoms with van der Waals surface area (Å²) in [5, 5.41) is 18.8. The molecule has 0 atom stereocenters. The average molecular weight is 312 g/mol. The molecule has 0 spiro atoms. The Morgan fingerprint density at radius 1 is 1.13 bits per heavy atom. The van der Waals surface area contributed by atoms with E-state index in [0.717, 1.165) is 11.1 Å². The van der Waals surface area contributed by atoms with Gasteiger partial charge in [0.05, 0.1) is 20.3 Å². The molecule has 0 aliphatic rings. The molecule has 0 aliphatic heterocycles. The molecule has 0 fully saturated rings. The monoisotopic (exact) mass is 312 g/mol. The van der Waals surface area contributed by atoms with Gasteiger partial charge in [-0.15, -0.1) is 0 Å². The Morgan fingerprint density at radius 2 is 1.83 bits per heavy atom. The lowest BCUT2D eigenvalue weighted by Crippen LogP contribution is -2.03. The van der Waals surface area contributed by atoms with E-state index in [1.165, 1.54) is 13.2 Å². The quantitative estimate of drug-likeness (QED) is 0.636. The number of carbonyl (C=O) groups excluding carboxylic acids is 1. The van der Waals surface area contributed by atoms with E-state index in [-0.39, 0.29) is 19.0 Å². The van der Waals surface area contributed by atoms with Crippen LogP contribution in [0.25, 0.3) is 6.08 Å². The van der Waals surface area contributed by atoms with Crippen LogP contribution in [0, 0.1) is 6.92 Å². The minimum absolute atomic E-state index is 0.192. The van der Waals surface area contributed by atoms with Crippen LogP contribution in [0.4, 0.5) is 0 Å². The van der Waals surface area contributed by atoms with E-state index in [1.54, 1.807) is 18.2 Å². The van der Waals surface area contributed by atoms with Crippen LogP contribution in [0.15, 0.2) is 42.5 Å². The number of aliphatic hydroxyl groups is 2. The molecule has 0 unspecified atom stereocenters. The van der Waals surface area contributed by atoms with Gasteiger partial charge < -0.3 is 14.9 Å². The first-order chi connectivity index (χ1) is 11.1. The van der Waals surface area contributed by atoms with Crippen LogP contribution in [0.2, 0.25) is 0 Å². The third-order valence-electron chi connectivity index (χ3n) is 3.64. The lowest BCUT2D eigenvalue weighted by atomic mass is 10.0. The lowest BCUT2D eigenvalue weighted by molar-refractivity contribution is 0.104. The Bertz CT molecular complexity index is 690. The summed E-state index contributed by atoms with van der Waals surface area (Å²) in [6.07, 6.45) is 3.23. The molecular formula is C19H20O4. The fourth-order valence-corrected chi connectivity index (χ4v) is 2.29. The van der Waals surface area contributed by atoms with Crippen molar-refractivity contribution in [3.8, 4) is 5.75 Å². The largest absolute Gasteiger partial charge is 0.496 e. The van der Waals surface area contributed by atoms with Crippen LogP contribution in [0.1, 0.15) is 32.6 Å². The number of aliphatic hydroxyl groups excluding tert-OH is 2. The Hall–Kier alpha value is -2.43. The third-order valence-corrected chi connectivity index (χ3v) is 3.64. The fraction of sp³-hybridized carbons (Fsp3) is 0.211. The van der Waals surface area contributed by atoms with Gasteiger partial charge in [0.15, 0.2) is 5.78 Å². The number of hydrogen-bond donors (Lipinski definition) is 2. The first-order valence-electron chi connectivity index (χ1n) is 7.29. The van der Waals surface area contributed by atoms with Crippen molar-refractivity contribution in [1.29, 1.82) is 0 Å². The summed E-state index contributed by atoms with van der Waals surface area (Å²) in [5.74, 6) is 0.203. The smallest absolute Gasteiger partial charge is 0.185 e. The van der Waals surface area contributed by atoms with E-state index >= 15 is 0 Å². The minimum Gasteiger partial charge on any atom is -0.496 e. The minimum atomic E-state index is -0.269. The number of hydrogen-bond acceptors (Lipinski definition) is 4. The Balaban J connectivity index is 2.30. The van der Waals surface area contributed by atoms with Gasteiger partial charge >= 0.3 is 0 Å². The highest BCUT2D eigenvalue weighted by Crippen LogP contribution is 2.25. The van der Waals surface area contributed by atoms with E-state index in [2.05, 4.69) is 0 Å². The van der Waals surface area contributed by atoms with Gasteiger partial charge in [-0.2, -0.15) is 0 Å². The summed E-state index contributed by atoms with van der Waals surface area (Å²) >= 11 is 0. The van der Waals surface area contributed by atoms with Crippen molar-refractivity contribution in [1.82, 2.24) is 0 Å². The van der Waals surface area contributed by atoms with Crippen molar-refractivity contribution in [3.05, 3.63) is 70.3 Å². The van der Waals surface area contributed by atoms with Crippen molar-refractivity contribution in [2.24, 2.45) is 0 Å². The van der Waals surface area contributed by atoms with Gasteiger partial charge in [0.25, 0.3) is 0 Å². The second kappa shape index (κ2) is 7.72. The highest BCUT2D eigenvalue weighted by Gasteiger charge is 2.13. The van der Waals surface area contributed by atoms with Gasteiger partial charge in [-0.25, -0.2) is 0 Å². The molecular weight excluding hydrogens is 292 g/mol. The number of aryl methyl sites for hydroxylation is 1. The van der Waals surface area contributed by atoms with Gasteiger partial charge in [0.2, 0.25) is 0 Å². The second-order valence-electron chi connectivity index (χ2n) is 5.24. The number of methoxy groups -OCH3 is 1. The molecule has 0 bridgehead atoms. The SMILES string of the molecule is COc1cc(C(=O)/C=C/c2ccc(C)cc2)cc(CO)c1CO. The zero-order valence-corrected chi connectivity index (χ0v) is 13.2. The first kappa shape index (κ1) is 16.9. The summed E-state index contributed by atoms with van der Waals surface area (Å²) in [6, 6.07) is 11.0. The van der Waals surface area contributed by atoms with Crippen LogP contribution < -0.4 is 4.74 Å². The molecule has 2 rings (SSSR count). The molecule has 120 valence electrons. The molecule has 4 nitrogen and oxygen atoms in total. The first-order valence-corrected chi connectivity index (χ1v) is 7.29. The Kier molecular flexibility index (Phi) is 5.68. The van der Waals surface area contributed by atoms with Crippen LogP contribution in [-0.2, 0) is 13.2 Å². The van der Waals surface area contributed by atoms with E-state index in [9.17, 15) is 15.0 Å². The van der Waals surface area contributed by atoms with E-state index in [4.69, 9.17) is 4.74 Å². The van der Waals surface area contributed by atoms with Crippen molar-refractivity contribution < 1.29 is 19.7 Å². The van der Waals surface area contributed by atoms with E-state index in [0.29, 0.717) is 22.4 Å². The Labute approximate surface area is 135 Å². The zero-order valence-electron chi connectivity index (χ0n) is 13.2. The number of rotatable bonds is 6. The maximum Gasteiger partial charge on any atom is 0.185 e. The standard InChI is InChI=1S/C19H20O4/c1-13-3-5-14(6-4-13)7-8-18(22)15-9-16(11-20)17(12-21)19(10-15)23-2/h3-10,20-21H,11-12H2,1-2H3/b8-7+. The zero-order chi connectivity index (χ0) is 16.8. The topological polar surface area (TPSA) is 66.8 Å². The summed E-state index contributed by atoms with van der Waals surface area (Å²) in [5.41, 5.74) is 3.48. The Morgan fingerprint density at radius 3 is 2.39 bits per heavy atom. The van der Waals surface area contributed by atoms with Crippen LogP contribution in [0.5, 0.6) is 5.75 Å². The van der Waals surface area contributed by atoms with E-state index < -0.39 is 0 Å². The number of ketones is 1. The van der Waals surface area contributed by atoms with Crippen LogP contribution in [0.3, 0.4) is 0 Å². The molecule has 0 aliphatic carbocycles. The molecule has 2 aromatic rings. The normalized spacial score (nSPS) is 11.0. The van der Waals surface area contributed by atoms with Crippen molar-refractivity contribution in [2.45, 2.75) is 20.1 Å². The van der Waals surface area contributed by atoms with Gasteiger partial charge in [0, 0.05) is 11.1 Å². The van der Waals surface area contributed by atoms with Gasteiger partial charge in [-0.3, -0.25) is 4.79 Å². The average Bonchev–Trinajstić information content (AvgIpc) is 2.59. The third kappa shape index (κ3) is 4.06. The van der Waals surface area contributed by atoms with Crippen molar-refractivity contribution in [3.63, 3.8) is 0 Å². The predicted octanol–water partition coefficient (Wildman–Crippen LogP) is 2.88. The summed E-state index contributed by atoms with van der Waals surface area (Å²) < 4.78 is 5.20. The summed E-state index contributed by atoms with van der Waals surface area (Å²) in [4.78, 5) is 12.3. The highest BCUT2D eigenvalue weighted by atomic mass is 16.5. The summed E-state index contributed by atoms with van der Waals surface area (Å²) in [6.45, 7) is 1.48. The molecule has 2 N–H and O–H groups in total. The van der Waals surface area contributed by atoms with Crippen molar-refractivity contribution >= 4 is 11.9 Å². The van der Waals surface area contributed by atoms with Gasteiger partial charge in [0.1, 0.15) is 5.75 Å².